The summed E-state index contributed by atoms with van der Waals surface area (Å²) in [7, 11) is 0. The highest BCUT2D eigenvalue weighted by molar-refractivity contribution is 7.99. The molecule has 0 N–H and O–H groups in total. The lowest BCUT2D eigenvalue weighted by atomic mass is 10.3. The minimum absolute atomic E-state index is 0.236. The van der Waals surface area contributed by atoms with E-state index in [1.807, 2.05) is 29.2 Å². The average molecular weight is 464 g/mol. The molecule has 0 saturated carbocycles. The summed E-state index contributed by atoms with van der Waals surface area (Å²) in [4.78, 5) is 24.0. The molecule has 0 atom stereocenters. The van der Waals surface area contributed by atoms with E-state index in [9.17, 15) is 4.79 Å². The number of halogens is 1. The fourth-order valence-corrected chi connectivity index (χ4v) is 5.79. The number of anilines is 1. The van der Waals surface area contributed by atoms with Crippen LogP contribution < -0.4 is 4.90 Å². The minimum Gasteiger partial charge on any atom is -0.345 e. The van der Waals surface area contributed by atoms with Crippen LogP contribution in [0, 0.1) is 0 Å². The zero-order chi connectivity index (χ0) is 20.2. The first-order valence-electron chi connectivity index (χ1n) is 9.48. The molecule has 0 bridgehead atoms. The van der Waals surface area contributed by atoms with Crippen LogP contribution in [0.5, 0.6) is 0 Å². The number of fused-ring (bicyclic) bond motifs is 1. The van der Waals surface area contributed by atoms with Gasteiger partial charge in [-0.1, -0.05) is 22.9 Å². The molecular formula is C21H22ClN3OS3. The summed E-state index contributed by atoms with van der Waals surface area (Å²) in [5.41, 5.74) is 1.06. The van der Waals surface area contributed by atoms with E-state index in [4.69, 9.17) is 16.6 Å². The second-order valence-corrected chi connectivity index (χ2v) is 10.2. The summed E-state index contributed by atoms with van der Waals surface area (Å²) >= 11 is 11.1. The van der Waals surface area contributed by atoms with Gasteiger partial charge in [-0.15, -0.1) is 23.5 Å². The molecule has 3 aromatic rings. The number of rotatable bonds is 6. The van der Waals surface area contributed by atoms with E-state index in [0.29, 0.717) is 6.42 Å². The number of carbonyl (C=O) groups excluding carboxylic acids is 1. The van der Waals surface area contributed by atoms with Crippen LogP contribution in [0.1, 0.15) is 6.42 Å². The maximum atomic E-state index is 12.6. The smallest absolute Gasteiger partial charge is 0.223 e. The zero-order valence-corrected chi connectivity index (χ0v) is 19.3. The molecule has 2 heterocycles. The van der Waals surface area contributed by atoms with Crippen LogP contribution in [-0.2, 0) is 4.79 Å². The minimum atomic E-state index is 0.236. The molecular weight excluding hydrogens is 442 g/mol. The molecule has 0 radical (unpaired) electrons. The van der Waals surface area contributed by atoms with Crippen molar-refractivity contribution in [2.75, 3.05) is 43.1 Å². The van der Waals surface area contributed by atoms with Crippen LogP contribution >= 0.6 is 46.5 Å². The van der Waals surface area contributed by atoms with E-state index < -0.39 is 0 Å². The summed E-state index contributed by atoms with van der Waals surface area (Å²) in [5, 5.41) is 1.80. The summed E-state index contributed by atoms with van der Waals surface area (Å²) < 4.78 is 1.23. The third-order valence-electron chi connectivity index (χ3n) is 4.89. The van der Waals surface area contributed by atoms with Crippen molar-refractivity contribution in [3.8, 4) is 0 Å². The Labute approximate surface area is 188 Å². The zero-order valence-electron chi connectivity index (χ0n) is 16.1. The van der Waals surface area contributed by atoms with Crippen molar-refractivity contribution in [1.82, 2.24) is 9.88 Å². The third kappa shape index (κ3) is 5.20. The van der Waals surface area contributed by atoms with Crippen LogP contribution in [0.3, 0.4) is 0 Å². The quantitative estimate of drug-likeness (QED) is 0.451. The first-order chi connectivity index (χ1) is 14.1. The van der Waals surface area contributed by atoms with E-state index in [-0.39, 0.29) is 5.91 Å². The van der Waals surface area contributed by atoms with Crippen molar-refractivity contribution < 1.29 is 4.79 Å². The maximum Gasteiger partial charge on any atom is 0.223 e. The lowest BCUT2D eigenvalue weighted by Gasteiger charge is -2.34. The molecule has 4 nitrogen and oxygen atoms in total. The molecule has 1 aliphatic rings. The van der Waals surface area contributed by atoms with Gasteiger partial charge in [0, 0.05) is 53.2 Å². The summed E-state index contributed by atoms with van der Waals surface area (Å²) in [5.74, 6) is 1.02. The number of nitrogens with zero attached hydrogens (tertiary/aromatic N) is 3. The Morgan fingerprint density at radius 1 is 1.10 bits per heavy atom. The van der Waals surface area contributed by atoms with Crippen molar-refractivity contribution in [3.63, 3.8) is 0 Å². The fraction of sp³-hybridized carbons (Fsp3) is 0.333. The largest absolute Gasteiger partial charge is 0.345 e. The molecule has 1 aliphatic heterocycles. The van der Waals surface area contributed by atoms with Crippen molar-refractivity contribution >= 4 is 67.7 Å². The normalized spacial score (nSPS) is 14.6. The molecule has 1 aromatic heterocycles. The molecule has 0 unspecified atom stereocenters. The number of aromatic nitrogens is 1. The van der Waals surface area contributed by atoms with Gasteiger partial charge in [-0.2, -0.15) is 0 Å². The second kappa shape index (κ2) is 9.60. The molecule has 1 fully saturated rings. The van der Waals surface area contributed by atoms with Gasteiger partial charge in [0.05, 0.1) is 10.2 Å². The summed E-state index contributed by atoms with van der Waals surface area (Å²) in [6.07, 6.45) is 2.65. The number of hydrogen-bond donors (Lipinski definition) is 0. The van der Waals surface area contributed by atoms with Gasteiger partial charge in [-0.3, -0.25) is 4.79 Å². The van der Waals surface area contributed by atoms with E-state index >= 15 is 0 Å². The SMILES string of the molecule is CSc1ccc2nc(N3CCN(C(=O)CCSc4ccc(Cl)cc4)CC3)sc2c1. The van der Waals surface area contributed by atoms with Gasteiger partial charge in [0.15, 0.2) is 5.13 Å². The van der Waals surface area contributed by atoms with Gasteiger partial charge in [0.2, 0.25) is 5.91 Å². The topological polar surface area (TPSA) is 36.4 Å². The van der Waals surface area contributed by atoms with E-state index in [1.165, 1.54) is 9.60 Å². The van der Waals surface area contributed by atoms with Crippen LogP contribution in [-0.4, -0.2) is 54.0 Å². The van der Waals surface area contributed by atoms with Gasteiger partial charge in [-0.25, -0.2) is 4.98 Å². The third-order valence-corrected chi connectivity index (χ3v) is 7.96. The number of amides is 1. The molecule has 4 rings (SSSR count). The summed E-state index contributed by atoms with van der Waals surface area (Å²) in [6, 6.07) is 14.2. The fourth-order valence-electron chi connectivity index (χ4n) is 3.25. The highest BCUT2D eigenvalue weighted by Gasteiger charge is 2.23. The monoisotopic (exact) mass is 463 g/mol. The average Bonchev–Trinajstić information content (AvgIpc) is 3.18. The maximum absolute atomic E-state index is 12.6. The number of hydrogen-bond acceptors (Lipinski definition) is 6. The molecule has 0 aliphatic carbocycles. The molecule has 152 valence electrons. The van der Waals surface area contributed by atoms with Gasteiger partial charge >= 0.3 is 0 Å². The number of thioether (sulfide) groups is 2. The number of piperazine rings is 1. The Morgan fingerprint density at radius 2 is 1.83 bits per heavy atom. The molecule has 29 heavy (non-hydrogen) atoms. The predicted octanol–water partition coefficient (Wildman–Crippen LogP) is 5.50. The second-order valence-electron chi connectivity index (χ2n) is 6.75. The molecule has 1 amide bonds. The number of benzene rings is 2. The van der Waals surface area contributed by atoms with Crippen LogP contribution in [0.25, 0.3) is 10.2 Å². The number of carbonyl (C=O) groups is 1. The molecule has 8 heteroatoms. The Kier molecular flexibility index (Phi) is 6.90. The van der Waals surface area contributed by atoms with Crippen LogP contribution in [0.2, 0.25) is 5.02 Å². The Hall–Kier alpha value is -1.41. The van der Waals surface area contributed by atoms with Crippen LogP contribution in [0.4, 0.5) is 5.13 Å². The highest BCUT2D eigenvalue weighted by atomic mass is 35.5. The Morgan fingerprint density at radius 3 is 2.55 bits per heavy atom. The molecule has 0 spiro atoms. The van der Waals surface area contributed by atoms with Gasteiger partial charge in [-0.05, 0) is 48.7 Å². The first kappa shape index (κ1) is 20.8. The summed E-state index contributed by atoms with van der Waals surface area (Å²) in [6.45, 7) is 3.20. The van der Waals surface area contributed by atoms with E-state index in [0.717, 1.165) is 52.5 Å². The lowest BCUT2D eigenvalue weighted by Crippen LogP contribution is -2.48. The van der Waals surface area contributed by atoms with Crippen molar-refractivity contribution in [3.05, 3.63) is 47.5 Å². The van der Waals surface area contributed by atoms with Gasteiger partial charge in [0.25, 0.3) is 0 Å². The standard InChI is InChI=1S/C21H22ClN3OS3/c1-27-17-6-7-18-19(14-17)29-21(23-18)25-11-9-24(10-12-25)20(26)8-13-28-16-4-2-15(22)3-5-16/h2-7,14H,8-13H2,1H3. The first-order valence-corrected chi connectivity index (χ1v) is 12.9. The van der Waals surface area contributed by atoms with Crippen molar-refractivity contribution in [2.45, 2.75) is 16.2 Å². The van der Waals surface area contributed by atoms with Gasteiger partial charge < -0.3 is 9.80 Å². The highest BCUT2D eigenvalue weighted by Crippen LogP contribution is 2.32. The molecule has 2 aromatic carbocycles. The number of thiazole rings is 1. The Bertz CT molecular complexity index is 985. The van der Waals surface area contributed by atoms with Crippen molar-refractivity contribution in [2.24, 2.45) is 0 Å². The van der Waals surface area contributed by atoms with Gasteiger partial charge in [0.1, 0.15) is 0 Å². The van der Waals surface area contributed by atoms with Crippen molar-refractivity contribution in [1.29, 1.82) is 0 Å². The van der Waals surface area contributed by atoms with Crippen LogP contribution in [0.15, 0.2) is 52.3 Å². The molecule has 1 saturated heterocycles. The Balaban J connectivity index is 1.27. The van der Waals surface area contributed by atoms with E-state index in [2.05, 4.69) is 29.4 Å². The predicted molar refractivity (Wildman–Crippen MR) is 127 cm³/mol. The lowest BCUT2D eigenvalue weighted by molar-refractivity contribution is -0.131. The van der Waals surface area contributed by atoms with E-state index in [1.54, 1.807) is 34.9 Å².